The Kier molecular flexibility index (Phi) is 3.93. The number of rotatable bonds is 4. The predicted molar refractivity (Wildman–Crippen MR) is 89.3 cm³/mol. The number of benzene rings is 1. The summed E-state index contributed by atoms with van der Waals surface area (Å²) in [5.74, 6) is 2.05. The topological polar surface area (TPSA) is 42.2 Å². The van der Waals surface area contributed by atoms with Crippen LogP contribution >= 0.6 is 0 Å². The third-order valence-electron chi connectivity index (χ3n) is 5.72. The first-order valence-corrected chi connectivity index (χ1v) is 8.82. The van der Waals surface area contributed by atoms with E-state index in [0.717, 1.165) is 31.2 Å². The fourth-order valence-corrected chi connectivity index (χ4v) is 4.55. The van der Waals surface area contributed by atoms with E-state index in [4.69, 9.17) is 4.52 Å². The standard InChI is InChI=1S/C19H25N3O/c1-15-20-18(23-21-15)17-13-22(14-19(17)10-5-6-11-19)12-9-16-7-3-2-4-8-16/h2-4,7-8,17H,5-6,9-14H2,1H3. The molecule has 0 radical (unpaired) electrons. The minimum Gasteiger partial charge on any atom is -0.339 e. The van der Waals surface area contributed by atoms with E-state index in [-0.39, 0.29) is 0 Å². The van der Waals surface area contributed by atoms with Gasteiger partial charge in [-0.05, 0) is 37.2 Å². The molecule has 0 bridgehead atoms. The molecule has 2 heterocycles. The first kappa shape index (κ1) is 14.9. The third-order valence-corrected chi connectivity index (χ3v) is 5.72. The molecule has 1 aromatic carbocycles. The summed E-state index contributed by atoms with van der Waals surface area (Å²) in [6, 6.07) is 10.8. The zero-order valence-corrected chi connectivity index (χ0v) is 13.9. The highest BCUT2D eigenvalue weighted by Gasteiger charge is 2.50. The lowest BCUT2D eigenvalue weighted by Crippen LogP contribution is -2.28. The second-order valence-corrected chi connectivity index (χ2v) is 7.27. The molecular formula is C19H25N3O. The first-order valence-electron chi connectivity index (χ1n) is 8.82. The summed E-state index contributed by atoms with van der Waals surface area (Å²) < 4.78 is 5.56. The van der Waals surface area contributed by atoms with Gasteiger partial charge < -0.3 is 9.42 Å². The van der Waals surface area contributed by atoms with E-state index in [9.17, 15) is 0 Å². The molecule has 1 saturated carbocycles. The highest BCUT2D eigenvalue weighted by atomic mass is 16.5. The van der Waals surface area contributed by atoms with Gasteiger partial charge in [0.15, 0.2) is 5.82 Å². The quantitative estimate of drug-likeness (QED) is 0.865. The van der Waals surface area contributed by atoms with E-state index in [2.05, 4.69) is 45.4 Å². The van der Waals surface area contributed by atoms with Crippen LogP contribution in [0, 0.1) is 12.3 Å². The van der Waals surface area contributed by atoms with Crippen LogP contribution in [-0.4, -0.2) is 34.7 Å². The highest BCUT2D eigenvalue weighted by molar-refractivity contribution is 5.16. The van der Waals surface area contributed by atoms with Crippen molar-refractivity contribution in [1.82, 2.24) is 15.0 Å². The molecule has 0 N–H and O–H groups in total. The van der Waals surface area contributed by atoms with E-state index in [1.807, 2.05) is 6.92 Å². The van der Waals surface area contributed by atoms with E-state index in [1.54, 1.807) is 0 Å². The van der Waals surface area contributed by atoms with E-state index < -0.39 is 0 Å². The predicted octanol–water partition coefficient (Wildman–Crippen LogP) is 3.58. The minimum atomic E-state index is 0.371. The summed E-state index contributed by atoms with van der Waals surface area (Å²) in [6.07, 6.45) is 6.42. The number of nitrogens with zero attached hydrogens (tertiary/aromatic N) is 3. The molecule has 23 heavy (non-hydrogen) atoms. The van der Waals surface area contributed by atoms with Gasteiger partial charge in [-0.1, -0.05) is 48.3 Å². The molecular weight excluding hydrogens is 286 g/mol. The van der Waals surface area contributed by atoms with Crippen molar-refractivity contribution in [1.29, 1.82) is 0 Å². The molecule has 2 aromatic rings. The Morgan fingerprint density at radius 1 is 1.22 bits per heavy atom. The van der Waals surface area contributed by atoms with Crippen LogP contribution in [0.1, 0.15) is 48.9 Å². The molecule has 1 spiro atoms. The average Bonchev–Trinajstić information content (AvgIpc) is 3.28. The summed E-state index contributed by atoms with van der Waals surface area (Å²) in [6.45, 7) is 5.28. The Labute approximate surface area is 137 Å². The summed E-state index contributed by atoms with van der Waals surface area (Å²) in [5.41, 5.74) is 1.79. The monoisotopic (exact) mass is 311 g/mol. The van der Waals surface area contributed by atoms with Crippen LogP contribution in [0.5, 0.6) is 0 Å². The maximum Gasteiger partial charge on any atom is 0.231 e. The summed E-state index contributed by atoms with van der Waals surface area (Å²) in [4.78, 5) is 7.17. The Balaban J connectivity index is 1.48. The van der Waals surface area contributed by atoms with Gasteiger partial charge in [0.1, 0.15) is 0 Å². The molecule has 4 heteroatoms. The molecule has 2 aliphatic rings. The van der Waals surface area contributed by atoms with Gasteiger partial charge in [0, 0.05) is 19.6 Å². The summed E-state index contributed by atoms with van der Waals surface area (Å²) >= 11 is 0. The van der Waals surface area contributed by atoms with Crippen LogP contribution in [0.2, 0.25) is 0 Å². The van der Waals surface area contributed by atoms with Crippen molar-refractivity contribution in [3.8, 4) is 0 Å². The Hall–Kier alpha value is -1.68. The van der Waals surface area contributed by atoms with Crippen molar-refractivity contribution in [2.75, 3.05) is 19.6 Å². The molecule has 1 saturated heterocycles. The van der Waals surface area contributed by atoms with Gasteiger partial charge in [-0.3, -0.25) is 0 Å². The van der Waals surface area contributed by atoms with Crippen molar-refractivity contribution in [2.45, 2.75) is 44.9 Å². The minimum absolute atomic E-state index is 0.371. The fourth-order valence-electron chi connectivity index (χ4n) is 4.55. The van der Waals surface area contributed by atoms with Crippen LogP contribution < -0.4 is 0 Å². The highest BCUT2D eigenvalue weighted by Crippen LogP contribution is 2.52. The Morgan fingerprint density at radius 2 is 2.00 bits per heavy atom. The van der Waals surface area contributed by atoms with Crippen molar-refractivity contribution in [3.05, 3.63) is 47.6 Å². The third kappa shape index (κ3) is 2.92. The van der Waals surface area contributed by atoms with E-state index >= 15 is 0 Å². The smallest absolute Gasteiger partial charge is 0.231 e. The molecule has 2 fully saturated rings. The molecule has 4 nitrogen and oxygen atoms in total. The molecule has 1 aliphatic heterocycles. The molecule has 122 valence electrons. The van der Waals surface area contributed by atoms with Gasteiger partial charge in [-0.2, -0.15) is 4.98 Å². The maximum atomic E-state index is 5.56. The van der Waals surface area contributed by atoms with Crippen LogP contribution in [0.4, 0.5) is 0 Å². The van der Waals surface area contributed by atoms with Gasteiger partial charge >= 0.3 is 0 Å². The molecule has 1 aromatic heterocycles. The maximum absolute atomic E-state index is 5.56. The van der Waals surface area contributed by atoms with Crippen LogP contribution in [0.15, 0.2) is 34.9 Å². The Bertz CT molecular complexity index is 646. The van der Waals surface area contributed by atoms with Gasteiger partial charge in [0.05, 0.1) is 5.92 Å². The summed E-state index contributed by atoms with van der Waals surface area (Å²) in [5, 5.41) is 4.03. The molecule has 4 rings (SSSR count). The molecule has 1 aliphatic carbocycles. The molecule has 0 amide bonds. The van der Waals surface area contributed by atoms with E-state index in [0.29, 0.717) is 11.3 Å². The van der Waals surface area contributed by atoms with Crippen molar-refractivity contribution in [2.24, 2.45) is 5.41 Å². The van der Waals surface area contributed by atoms with Gasteiger partial charge in [0.25, 0.3) is 0 Å². The molecule has 1 unspecified atom stereocenters. The Morgan fingerprint density at radius 3 is 2.70 bits per heavy atom. The second-order valence-electron chi connectivity index (χ2n) is 7.27. The van der Waals surface area contributed by atoms with Gasteiger partial charge in [-0.25, -0.2) is 0 Å². The SMILES string of the molecule is Cc1noc(C2CN(CCc3ccccc3)CC23CCCC3)n1. The number of hydrogen-bond donors (Lipinski definition) is 0. The fraction of sp³-hybridized carbons (Fsp3) is 0.579. The lowest BCUT2D eigenvalue weighted by molar-refractivity contribution is 0.229. The zero-order chi connectivity index (χ0) is 15.7. The van der Waals surface area contributed by atoms with Crippen LogP contribution in [0.25, 0.3) is 0 Å². The first-order chi connectivity index (χ1) is 11.3. The lowest BCUT2D eigenvalue weighted by atomic mass is 9.76. The number of aromatic nitrogens is 2. The normalized spacial score (nSPS) is 23.8. The van der Waals surface area contributed by atoms with Gasteiger partial charge in [-0.15, -0.1) is 0 Å². The second kappa shape index (κ2) is 6.08. The van der Waals surface area contributed by atoms with E-state index in [1.165, 1.54) is 37.8 Å². The number of aryl methyl sites for hydroxylation is 1. The number of hydrogen-bond acceptors (Lipinski definition) is 4. The van der Waals surface area contributed by atoms with Crippen LogP contribution in [-0.2, 0) is 6.42 Å². The van der Waals surface area contributed by atoms with Gasteiger partial charge in [0.2, 0.25) is 5.89 Å². The van der Waals surface area contributed by atoms with Crippen LogP contribution in [0.3, 0.4) is 0 Å². The number of likely N-dealkylation sites (tertiary alicyclic amines) is 1. The van der Waals surface area contributed by atoms with Crippen molar-refractivity contribution >= 4 is 0 Å². The summed E-state index contributed by atoms with van der Waals surface area (Å²) in [7, 11) is 0. The van der Waals surface area contributed by atoms with Crippen molar-refractivity contribution in [3.63, 3.8) is 0 Å². The zero-order valence-electron chi connectivity index (χ0n) is 13.9. The molecule has 1 atom stereocenters. The van der Waals surface area contributed by atoms with Crippen molar-refractivity contribution < 1.29 is 4.52 Å². The average molecular weight is 311 g/mol. The lowest BCUT2D eigenvalue weighted by Gasteiger charge is -2.27. The largest absolute Gasteiger partial charge is 0.339 e.